The molecule has 9 aromatic rings. The Labute approximate surface area is 301 Å². The minimum absolute atomic E-state index is 0.452. The summed E-state index contributed by atoms with van der Waals surface area (Å²) in [6.45, 7) is 4.53. The van der Waals surface area contributed by atoms with Crippen LogP contribution in [-0.2, 0) is 6.54 Å². The quantitative estimate of drug-likeness (QED) is 0.129. The SMILES string of the molecule is C=N/C(=N\C(=N/Cc1ccc2ccccc2c1)c1ccc2ccccc2c1)c1c(-c2ccc(-c3ccccc3)cc2)ccc2oc3ccccc3c12. The summed E-state index contributed by atoms with van der Waals surface area (Å²) in [5, 5.41) is 6.59. The van der Waals surface area contributed by atoms with Crippen LogP contribution >= 0.6 is 0 Å². The van der Waals surface area contributed by atoms with Crippen LogP contribution in [0.1, 0.15) is 16.7 Å². The first-order valence-electron chi connectivity index (χ1n) is 17.4. The average Bonchev–Trinajstić information content (AvgIpc) is 3.60. The number of aliphatic imine (C=N–C) groups is 3. The van der Waals surface area contributed by atoms with Gasteiger partial charge < -0.3 is 4.42 Å². The Morgan fingerprint density at radius 2 is 1.13 bits per heavy atom. The molecule has 52 heavy (non-hydrogen) atoms. The van der Waals surface area contributed by atoms with Crippen molar-refractivity contribution < 1.29 is 4.42 Å². The van der Waals surface area contributed by atoms with Gasteiger partial charge in [-0.15, -0.1) is 0 Å². The molecule has 4 nitrogen and oxygen atoms in total. The Hall–Kier alpha value is -6.91. The predicted molar refractivity (Wildman–Crippen MR) is 219 cm³/mol. The van der Waals surface area contributed by atoms with Gasteiger partial charge in [-0.1, -0.05) is 146 Å². The molecule has 0 amide bonds. The smallest absolute Gasteiger partial charge is 0.162 e. The van der Waals surface area contributed by atoms with Crippen LogP contribution in [-0.4, -0.2) is 18.4 Å². The summed E-state index contributed by atoms with van der Waals surface area (Å²) in [6, 6.07) is 60.9. The Bertz CT molecular complexity index is 2830. The van der Waals surface area contributed by atoms with E-state index in [4.69, 9.17) is 14.4 Å². The van der Waals surface area contributed by atoms with E-state index in [2.05, 4.69) is 157 Å². The second kappa shape index (κ2) is 13.4. The van der Waals surface area contributed by atoms with E-state index in [1.165, 1.54) is 16.3 Å². The lowest BCUT2D eigenvalue weighted by atomic mass is 9.93. The van der Waals surface area contributed by atoms with Gasteiger partial charge in [0.15, 0.2) is 11.7 Å². The number of furan rings is 1. The molecule has 9 rings (SSSR count). The minimum atomic E-state index is 0.452. The largest absolute Gasteiger partial charge is 0.456 e. The topological polar surface area (TPSA) is 50.2 Å². The Balaban J connectivity index is 1.24. The highest BCUT2D eigenvalue weighted by Gasteiger charge is 2.21. The molecule has 0 aliphatic rings. The molecule has 0 radical (unpaired) electrons. The summed E-state index contributed by atoms with van der Waals surface area (Å²) in [4.78, 5) is 15.1. The fourth-order valence-corrected chi connectivity index (χ4v) is 7.06. The van der Waals surface area contributed by atoms with Crippen molar-refractivity contribution in [3.8, 4) is 22.3 Å². The second-order valence-electron chi connectivity index (χ2n) is 12.9. The van der Waals surface area contributed by atoms with Crippen LogP contribution in [0.25, 0.3) is 65.7 Å². The third-order valence-electron chi connectivity index (χ3n) is 9.66. The first kappa shape index (κ1) is 31.1. The fourth-order valence-electron chi connectivity index (χ4n) is 7.06. The average molecular weight is 668 g/mol. The van der Waals surface area contributed by atoms with E-state index in [0.29, 0.717) is 18.2 Å². The molecule has 1 heterocycles. The van der Waals surface area contributed by atoms with E-state index in [9.17, 15) is 0 Å². The van der Waals surface area contributed by atoms with E-state index < -0.39 is 0 Å². The molecule has 246 valence electrons. The molecule has 0 aliphatic carbocycles. The highest BCUT2D eigenvalue weighted by Crippen LogP contribution is 2.38. The van der Waals surface area contributed by atoms with Crippen molar-refractivity contribution in [3.63, 3.8) is 0 Å². The van der Waals surface area contributed by atoms with E-state index in [-0.39, 0.29) is 0 Å². The van der Waals surface area contributed by atoms with Crippen molar-refractivity contribution in [1.29, 1.82) is 0 Å². The van der Waals surface area contributed by atoms with Gasteiger partial charge in [0.1, 0.15) is 11.2 Å². The number of hydrogen-bond acceptors (Lipinski definition) is 2. The first-order valence-corrected chi connectivity index (χ1v) is 17.4. The van der Waals surface area contributed by atoms with Crippen LogP contribution in [0.5, 0.6) is 0 Å². The molecule has 0 bridgehead atoms. The van der Waals surface area contributed by atoms with Gasteiger partial charge >= 0.3 is 0 Å². The highest BCUT2D eigenvalue weighted by molar-refractivity contribution is 6.25. The van der Waals surface area contributed by atoms with Gasteiger partial charge in [-0.05, 0) is 86.4 Å². The normalized spacial score (nSPS) is 12.2. The first-order chi connectivity index (χ1) is 25.7. The number of fused-ring (bicyclic) bond motifs is 5. The number of rotatable bonds is 6. The van der Waals surface area contributed by atoms with Gasteiger partial charge in [0.05, 0.1) is 6.54 Å². The zero-order valence-electron chi connectivity index (χ0n) is 28.4. The van der Waals surface area contributed by atoms with Crippen molar-refractivity contribution in [1.82, 2.24) is 0 Å². The van der Waals surface area contributed by atoms with Crippen LogP contribution in [0.2, 0.25) is 0 Å². The van der Waals surface area contributed by atoms with Crippen LogP contribution < -0.4 is 0 Å². The van der Waals surface area contributed by atoms with Gasteiger partial charge in [0.25, 0.3) is 0 Å². The predicted octanol–water partition coefficient (Wildman–Crippen LogP) is 12.3. The molecule has 0 spiro atoms. The molecule has 0 aliphatic heterocycles. The molecule has 0 saturated carbocycles. The van der Waals surface area contributed by atoms with E-state index >= 15 is 0 Å². The standard InChI is InChI=1S/C48H33N3O/c1-49-48(51-47(40-26-23-35-14-6-8-16-39(35)30-40)50-31-32-19-20-34-13-5-7-15-38(34)29-32)46-41(27-28-44-45(46)42-17-9-10-18-43(42)52-44)37-24-21-36(22-25-37)33-11-3-2-4-12-33/h2-30H,1,31H2/b50-47-,51-48-. The Morgan fingerprint density at radius 3 is 1.90 bits per heavy atom. The molecule has 0 fully saturated rings. The summed E-state index contributed by atoms with van der Waals surface area (Å²) in [5.74, 6) is 1.06. The van der Waals surface area contributed by atoms with Crippen LogP contribution in [0, 0.1) is 0 Å². The maximum Gasteiger partial charge on any atom is 0.162 e. The maximum atomic E-state index is 6.39. The van der Waals surface area contributed by atoms with Crippen molar-refractivity contribution >= 4 is 61.9 Å². The van der Waals surface area contributed by atoms with Gasteiger partial charge in [0.2, 0.25) is 0 Å². The molecule has 0 saturated heterocycles. The zero-order valence-corrected chi connectivity index (χ0v) is 28.4. The second-order valence-corrected chi connectivity index (χ2v) is 12.9. The number of nitrogens with zero attached hydrogens (tertiary/aromatic N) is 3. The zero-order chi connectivity index (χ0) is 34.9. The minimum Gasteiger partial charge on any atom is -0.456 e. The number of hydrogen-bond donors (Lipinski definition) is 0. The molecular weight excluding hydrogens is 635 g/mol. The fraction of sp³-hybridized carbons (Fsp3) is 0.0208. The third kappa shape index (κ3) is 5.86. The molecule has 1 aromatic heterocycles. The van der Waals surface area contributed by atoms with Gasteiger partial charge in [-0.25, -0.2) is 9.98 Å². The maximum absolute atomic E-state index is 6.39. The monoisotopic (exact) mass is 667 g/mol. The van der Waals surface area contributed by atoms with Crippen molar-refractivity contribution in [2.24, 2.45) is 15.0 Å². The van der Waals surface area contributed by atoms with Gasteiger partial charge in [-0.2, -0.15) is 0 Å². The van der Waals surface area contributed by atoms with Crippen molar-refractivity contribution in [2.45, 2.75) is 6.54 Å². The lowest BCUT2D eigenvalue weighted by Gasteiger charge is -2.13. The molecule has 0 unspecified atom stereocenters. The molecular formula is C48H33N3O. The number of amidine groups is 2. The van der Waals surface area contributed by atoms with E-state index in [1.807, 2.05) is 30.3 Å². The van der Waals surface area contributed by atoms with E-state index in [1.54, 1.807) is 0 Å². The summed E-state index contributed by atoms with van der Waals surface area (Å²) in [5.41, 5.74) is 8.76. The summed E-state index contributed by atoms with van der Waals surface area (Å²) < 4.78 is 6.39. The van der Waals surface area contributed by atoms with Crippen LogP contribution in [0.3, 0.4) is 0 Å². The van der Waals surface area contributed by atoms with Crippen LogP contribution in [0.15, 0.2) is 195 Å². The Morgan fingerprint density at radius 1 is 0.500 bits per heavy atom. The molecule has 0 N–H and O–H groups in total. The van der Waals surface area contributed by atoms with Crippen molar-refractivity contribution in [3.05, 3.63) is 193 Å². The summed E-state index contributed by atoms with van der Waals surface area (Å²) in [7, 11) is 0. The van der Waals surface area contributed by atoms with Gasteiger partial charge in [0, 0.05) is 21.9 Å². The van der Waals surface area contributed by atoms with Gasteiger partial charge in [-0.3, -0.25) is 4.99 Å². The molecule has 4 heteroatoms. The van der Waals surface area contributed by atoms with Crippen LogP contribution in [0.4, 0.5) is 0 Å². The lowest BCUT2D eigenvalue weighted by molar-refractivity contribution is 0.669. The lowest BCUT2D eigenvalue weighted by Crippen LogP contribution is -2.07. The Kier molecular flexibility index (Phi) is 8.03. The molecule has 0 atom stereocenters. The number of para-hydroxylation sites is 1. The third-order valence-corrected chi connectivity index (χ3v) is 9.66. The number of benzene rings is 8. The summed E-state index contributed by atoms with van der Waals surface area (Å²) >= 11 is 0. The molecule has 8 aromatic carbocycles. The highest BCUT2D eigenvalue weighted by atomic mass is 16.3. The van der Waals surface area contributed by atoms with Crippen molar-refractivity contribution in [2.75, 3.05) is 0 Å². The van der Waals surface area contributed by atoms with E-state index in [0.717, 1.165) is 66.1 Å². The summed E-state index contributed by atoms with van der Waals surface area (Å²) in [6.07, 6.45) is 0.